The molecule has 2 heterocycles. The van der Waals surface area contributed by atoms with Gasteiger partial charge in [0.15, 0.2) is 5.15 Å². The van der Waals surface area contributed by atoms with E-state index >= 15 is 0 Å². The van der Waals surface area contributed by atoms with E-state index in [2.05, 4.69) is 40.5 Å². The fraction of sp³-hybridized carbons (Fsp3) is 0. The highest BCUT2D eigenvalue weighted by Crippen LogP contribution is 2.34. The van der Waals surface area contributed by atoms with E-state index in [0.717, 1.165) is 26.7 Å². The number of halogens is 1. The van der Waals surface area contributed by atoms with Crippen LogP contribution in [0.5, 0.6) is 0 Å². The number of hydrogen-bond donors (Lipinski definition) is 0. The maximum absolute atomic E-state index is 6.22. The predicted octanol–water partition coefficient (Wildman–Crippen LogP) is 5.16. The van der Waals surface area contributed by atoms with Crippen molar-refractivity contribution >= 4 is 44.5 Å². The molecule has 20 heavy (non-hydrogen) atoms. The Morgan fingerprint density at radius 2 is 1.60 bits per heavy atom. The van der Waals surface area contributed by atoms with Crippen LogP contribution in [0.4, 0.5) is 0 Å². The van der Waals surface area contributed by atoms with E-state index in [1.165, 1.54) is 5.39 Å². The summed E-state index contributed by atoms with van der Waals surface area (Å²) >= 11 is 7.88. The quantitative estimate of drug-likeness (QED) is 0.453. The smallest absolute Gasteiger partial charge is 0.147 e. The van der Waals surface area contributed by atoms with E-state index in [1.807, 2.05) is 23.6 Å². The van der Waals surface area contributed by atoms with Crippen molar-refractivity contribution in [2.24, 2.45) is 0 Å². The highest BCUT2D eigenvalue weighted by molar-refractivity contribution is 7.13. The summed E-state index contributed by atoms with van der Waals surface area (Å²) in [5.41, 5.74) is 0.894. The van der Waals surface area contributed by atoms with Crippen LogP contribution in [-0.4, -0.2) is 10.2 Å². The van der Waals surface area contributed by atoms with E-state index < -0.39 is 0 Å². The summed E-state index contributed by atoms with van der Waals surface area (Å²) in [5.74, 6) is 0. The van der Waals surface area contributed by atoms with Gasteiger partial charge in [-0.05, 0) is 34.4 Å². The highest BCUT2D eigenvalue weighted by Gasteiger charge is 2.11. The van der Waals surface area contributed by atoms with Gasteiger partial charge in [-0.3, -0.25) is 0 Å². The Balaban J connectivity index is 2.16. The average Bonchev–Trinajstić information content (AvgIpc) is 3.00. The molecule has 0 aliphatic rings. The van der Waals surface area contributed by atoms with Gasteiger partial charge < -0.3 is 0 Å². The van der Waals surface area contributed by atoms with Crippen molar-refractivity contribution in [1.29, 1.82) is 0 Å². The molecule has 2 nitrogen and oxygen atoms in total. The third kappa shape index (κ3) is 1.79. The van der Waals surface area contributed by atoms with Crippen molar-refractivity contribution in [2.75, 3.05) is 0 Å². The van der Waals surface area contributed by atoms with Gasteiger partial charge in [-0.15, -0.1) is 21.5 Å². The molecular formula is C16H9ClN2S. The first kappa shape index (κ1) is 11.8. The lowest BCUT2D eigenvalue weighted by Crippen LogP contribution is -1.90. The van der Waals surface area contributed by atoms with E-state index in [0.29, 0.717) is 5.15 Å². The number of rotatable bonds is 1. The summed E-state index contributed by atoms with van der Waals surface area (Å²) < 4.78 is 0. The molecule has 2 aromatic heterocycles. The Kier molecular flexibility index (Phi) is 2.69. The lowest BCUT2D eigenvalue weighted by molar-refractivity contribution is 1.06. The zero-order chi connectivity index (χ0) is 13.5. The molecule has 4 aromatic rings. The third-order valence-corrected chi connectivity index (χ3v) is 4.51. The van der Waals surface area contributed by atoms with Crippen molar-refractivity contribution in [3.8, 4) is 10.6 Å². The van der Waals surface area contributed by atoms with Crippen LogP contribution in [-0.2, 0) is 0 Å². The summed E-state index contributed by atoms with van der Waals surface area (Å²) in [6.07, 6.45) is 0. The van der Waals surface area contributed by atoms with Crippen molar-refractivity contribution in [2.45, 2.75) is 0 Å². The molecular weight excluding hydrogens is 288 g/mol. The maximum Gasteiger partial charge on any atom is 0.159 e. The summed E-state index contributed by atoms with van der Waals surface area (Å²) in [6, 6.07) is 16.5. The standard InChI is InChI=1S/C16H9ClN2S/c17-16-13-9-11-5-2-1-4-10(11)8-12(13)15(18-19-16)14-6-3-7-20-14/h1-9H. The molecule has 0 bridgehead atoms. The minimum absolute atomic E-state index is 0.450. The average molecular weight is 297 g/mol. The summed E-state index contributed by atoms with van der Waals surface area (Å²) in [4.78, 5) is 1.11. The summed E-state index contributed by atoms with van der Waals surface area (Å²) in [6.45, 7) is 0. The van der Waals surface area contributed by atoms with Crippen LogP contribution < -0.4 is 0 Å². The van der Waals surface area contributed by atoms with Gasteiger partial charge in [0, 0.05) is 10.8 Å². The van der Waals surface area contributed by atoms with Gasteiger partial charge in [-0.2, -0.15) is 0 Å². The lowest BCUT2D eigenvalue weighted by Gasteiger charge is -2.06. The van der Waals surface area contributed by atoms with Crippen LogP contribution in [0.3, 0.4) is 0 Å². The first-order valence-electron chi connectivity index (χ1n) is 6.21. The molecule has 0 aliphatic heterocycles. The Bertz CT molecular complexity index is 916. The van der Waals surface area contributed by atoms with E-state index in [1.54, 1.807) is 11.3 Å². The molecule has 0 unspecified atom stereocenters. The Labute approximate surface area is 124 Å². The fourth-order valence-corrected chi connectivity index (χ4v) is 3.32. The highest BCUT2D eigenvalue weighted by atomic mass is 35.5. The molecule has 0 atom stereocenters. The van der Waals surface area contributed by atoms with Gasteiger partial charge in [0.25, 0.3) is 0 Å². The molecule has 2 aromatic carbocycles. The zero-order valence-corrected chi connectivity index (χ0v) is 11.9. The van der Waals surface area contributed by atoms with Crippen LogP contribution in [0, 0.1) is 0 Å². The second kappa shape index (κ2) is 4.54. The molecule has 0 saturated heterocycles. The van der Waals surface area contributed by atoms with Crippen molar-refractivity contribution in [3.05, 3.63) is 59.1 Å². The molecule has 4 rings (SSSR count). The number of benzene rings is 2. The van der Waals surface area contributed by atoms with Crippen LogP contribution in [0.2, 0.25) is 5.15 Å². The molecule has 4 heteroatoms. The number of aromatic nitrogens is 2. The first-order chi connectivity index (χ1) is 9.83. The van der Waals surface area contributed by atoms with Gasteiger partial charge >= 0.3 is 0 Å². The van der Waals surface area contributed by atoms with Crippen molar-refractivity contribution in [3.63, 3.8) is 0 Å². The molecule has 0 aliphatic carbocycles. The van der Waals surface area contributed by atoms with Gasteiger partial charge in [-0.25, -0.2) is 0 Å². The first-order valence-corrected chi connectivity index (χ1v) is 7.47. The number of thiophene rings is 1. The number of hydrogen-bond acceptors (Lipinski definition) is 3. The Morgan fingerprint density at radius 1 is 0.850 bits per heavy atom. The maximum atomic E-state index is 6.22. The number of nitrogens with zero attached hydrogens (tertiary/aromatic N) is 2. The van der Waals surface area contributed by atoms with Gasteiger partial charge in [0.05, 0.1) is 4.88 Å². The van der Waals surface area contributed by atoms with Gasteiger partial charge in [-0.1, -0.05) is 41.9 Å². The van der Waals surface area contributed by atoms with Crippen LogP contribution in [0.15, 0.2) is 53.9 Å². The second-order valence-electron chi connectivity index (χ2n) is 4.56. The van der Waals surface area contributed by atoms with Crippen molar-refractivity contribution < 1.29 is 0 Å². The van der Waals surface area contributed by atoms with E-state index in [4.69, 9.17) is 11.6 Å². The molecule has 0 saturated carbocycles. The van der Waals surface area contributed by atoms with Crippen LogP contribution in [0.1, 0.15) is 0 Å². The van der Waals surface area contributed by atoms with Crippen LogP contribution in [0.25, 0.3) is 32.1 Å². The molecule has 0 amide bonds. The minimum Gasteiger partial charge on any atom is -0.147 e. The molecule has 0 fully saturated rings. The largest absolute Gasteiger partial charge is 0.159 e. The second-order valence-corrected chi connectivity index (χ2v) is 5.87. The predicted molar refractivity (Wildman–Crippen MR) is 85.4 cm³/mol. The normalized spacial score (nSPS) is 11.2. The molecule has 0 spiro atoms. The van der Waals surface area contributed by atoms with E-state index in [9.17, 15) is 0 Å². The van der Waals surface area contributed by atoms with Gasteiger partial charge in [0.1, 0.15) is 5.69 Å². The summed E-state index contributed by atoms with van der Waals surface area (Å²) in [7, 11) is 0. The molecule has 0 radical (unpaired) electrons. The zero-order valence-electron chi connectivity index (χ0n) is 10.4. The van der Waals surface area contributed by atoms with Crippen molar-refractivity contribution in [1.82, 2.24) is 10.2 Å². The SMILES string of the molecule is Clc1nnc(-c2cccs2)c2cc3ccccc3cc12. The molecule has 0 N–H and O–H groups in total. The lowest BCUT2D eigenvalue weighted by atomic mass is 10.0. The van der Waals surface area contributed by atoms with Crippen LogP contribution >= 0.6 is 22.9 Å². The topological polar surface area (TPSA) is 25.8 Å². The number of fused-ring (bicyclic) bond motifs is 2. The van der Waals surface area contributed by atoms with Gasteiger partial charge in [0.2, 0.25) is 0 Å². The fourth-order valence-electron chi connectivity index (χ4n) is 2.40. The molecule has 96 valence electrons. The Morgan fingerprint density at radius 3 is 2.30 bits per heavy atom. The third-order valence-electron chi connectivity index (χ3n) is 3.36. The summed E-state index contributed by atoms with van der Waals surface area (Å²) in [5, 5.41) is 15.2. The monoisotopic (exact) mass is 296 g/mol. The minimum atomic E-state index is 0.450. The van der Waals surface area contributed by atoms with E-state index in [-0.39, 0.29) is 0 Å². The Hall–Kier alpha value is -1.97.